The normalized spacial score (nSPS) is 13.3. The highest BCUT2D eigenvalue weighted by Crippen LogP contribution is 2.32. The molecule has 0 aliphatic heterocycles. The Morgan fingerprint density at radius 1 is 0.969 bits per heavy atom. The summed E-state index contributed by atoms with van der Waals surface area (Å²) in [6, 6.07) is 12.1. The van der Waals surface area contributed by atoms with Gasteiger partial charge in [-0.05, 0) is 61.6 Å². The largest absolute Gasteiger partial charge is 0.493 e. The molecule has 0 radical (unpaired) electrons. The summed E-state index contributed by atoms with van der Waals surface area (Å²) in [5.74, 6) is 0.0910. The van der Waals surface area contributed by atoms with E-state index in [-0.39, 0.29) is 30.9 Å². The maximum atomic E-state index is 12.7. The summed E-state index contributed by atoms with van der Waals surface area (Å²) in [5, 5.41) is 5.32. The number of nitrogens with one attached hydrogen (secondary N) is 2. The molecule has 1 aliphatic rings. The minimum atomic E-state index is -0.508. The Morgan fingerprint density at radius 2 is 1.69 bits per heavy atom. The number of rotatable bonds is 9. The number of hydrogen-bond donors (Lipinski definition) is 2. The topological polar surface area (TPSA) is 103 Å². The molecule has 0 atom stereocenters. The zero-order chi connectivity index (χ0) is 22.9. The van der Waals surface area contributed by atoms with Crippen LogP contribution in [-0.2, 0) is 20.7 Å². The van der Waals surface area contributed by atoms with Crippen LogP contribution in [0.15, 0.2) is 42.5 Å². The van der Waals surface area contributed by atoms with Gasteiger partial charge in [0, 0.05) is 11.3 Å². The number of ether oxygens (including phenoxy) is 3. The number of hydrogen-bond acceptors (Lipinski definition) is 6. The summed E-state index contributed by atoms with van der Waals surface area (Å²) in [4.78, 5) is 35.6. The third-order valence-corrected chi connectivity index (χ3v) is 5.26. The molecule has 0 aromatic heterocycles. The van der Waals surface area contributed by atoms with Crippen molar-refractivity contribution in [3.05, 3.63) is 53.6 Å². The van der Waals surface area contributed by atoms with Crippen LogP contribution in [0, 0.1) is 0 Å². The van der Waals surface area contributed by atoms with Crippen LogP contribution in [-0.4, -0.2) is 44.7 Å². The van der Waals surface area contributed by atoms with Crippen LogP contribution in [0.2, 0.25) is 0 Å². The molecule has 0 bridgehead atoms. The maximum absolute atomic E-state index is 12.7. The lowest BCUT2D eigenvalue weighted by Crippen LogP contribution is -2.31. The molecule has 2 aromatic rings. The van der Waals surface area contributed by atoms with Gasteiger partial charge in [0.05, 0.1) is 26.7 Å². The Balaban J connectivity index is 1.56. The summed E-state index contributed by atoms with van der Waals surface area (Å²) in [6.45, 7) is -0.169. The number of esters is 1. The first-order valence-electron chi connectivity index (χ1n) is 10.6. The Kier molecular flexibility index (Phi) is 8.08. The zero-order valence-electron chi connectivity index (χ0n) is 18.3. The number of carbonyl (C=O) groups is 3. The molecular formula is C24H28N2O6. The van der Waals surface area contributed by atoms with Gasteiger partial charge in [0.25, 0.3) is 5.91 Å². The monoisotopic (exact) mass is 440 g/mol. The standard InChI is InChI=1S/C24H28N2O6/c1-30-21-14-17(9-12-20(21)32-19-5-3-4-6-19)24(29)26-18-10-7-16(8-11-18)13-22(27)25-15-23(28)31-2/h7-12,14,19H,3-6,13,15H2,1-2H3,(H,25,27)(H,26,29). The van der Waals surface area contributed by atoms with Crippen molar-refractivity contribution < 1.29 is 28.6 Å². The van der Waals surface area contributed by atoms with Crippen molar-refractivity contribution >= 4 is 23.5 Å². The van der Waals surface area contributed by atoms with E-state index in [1.54, 1.807) is 49.6 Å². The summed E-state index contributed by atoms with van der Waals surface area (Å²) < 4.78 is 15.9. The average molecular weight is 440 g/mol. The number of amides is 2. The number of benzene rings is 2. The van der Waals surface area contributed by atoms with E-state index >= 15 is 0 Å². The fourth-order valence-corrected chi connectivity index (χ4v) is 3.49. The van der Waals surface area contributed by atoms with Crippen molar-refractivity contribution in [2.75, 3.05) is 26.1 Å². The van der Waals surface area contributed by atoms with E-state index in [2.05, 4.69) is 15.4 Å². The molecule has 2 aromatic carbocycles. The van der Waals surface area contributed by atoms with Crippen LogP contribution in [0.4, 0.5) is 5.69 Å². The van der Waals surface area contributed by atoms with Gasteiger partial charge >= 0.3 is 5.97 Å². The van der Waals surface area contributed by atoms with E-state index in [4.69, 9.17) is 9.47 Å². The van der Waals surface area contributed by atoms with E-state index in [0.717, 1.165) is 18.4 Å². The average Bonchev–Trinajstić information content (AvgIpc) is 3.32. The molecule has 8 heteroatoms. The van der Waals surface area contributed by atoms with E-state index < -0.39 is 5.97 Å². The van der Waals surface area contributed by atoms with Gasteiger partial charge in [-0.2, -0.15) is 0 Å². The van der Waals surface area contributed by atoms with Crippen LogP contribution in [0.3, 0.4) is 0 Å². The second-order valence-corrected chi connectivity index (χ2v) is 7.57. The minimum Gasteiger partial charge on any atom is -0.493 e. The lowest BCUT2D eigenvalue weighted by molar-refractivity contribution is -0.141. The van der Waals surface area contributed by atoms with Crippen molar-refractivity contribution in [3.63, 3.8) is 0 Å². The highest BCUT2D eigenvalue weighted by molar-refractivity contribution is 6.04. The van der Waals surface area contributed by atoms with E-state index in [0.29, 0.717) is 22.7 Å². The van der Waals surface area contributed by atoms with Crippen LogP contribution in [0.5, 0.6) is 11.5 Å². The smallest absolute Gasteiger partial charge is 0.325 e. The quantitative estimate of drug-likeness (QED) is 0.581. The second-order valence-electron chi connectivity index (χ2n) is 7.57. The Bertz CT molecular complexity index is 951. The van der Waals surface area contributed by atoms with Crippen LogP contribution >= 0.6 is 0 Å². The van der Waals surface area contributed by atoms with Crippen LogP contribution in [0.1, 0.15) is 41.6 Å². The molecule has 0 unspecified atom stereocenters. The van der Waals surface area contributed by atoms with Crippen molar-refractivity contribution in [1.82, 2.24) is 5.32 Å². The summed E-state index contributed by atoms with van der Waals surface area (Å²) in [6.07, 6.45) is 4.73. The van der Waals surface area contributed by atoms with E-state index in [1.165, 1.54) is 20.0 Å². The highest BCUT2D eigenvalue weighted by atomic mass is 16.5. The number of carbonyl (C=O) groups excluding carboxylic acids is 3. The SMILES string of the molecule is COC(=O)CNC(=O)Cc1ccc(NC(=O)c2ccc(OC3CCCC3)c(OC)c2)cc1. The van der Waals surface area contributed by atoms with E-state index in [1.807, 2.05) is 0 Å². The lowest BCUT2D eigenvalue weighted by atomic mass is 10.1. The van der Waals surface area contributed by atoms with Gasteiger partial charge < -0.3 is 24.8 Å². The highest BCUT2D eigenvalue weighted by Gasteiger charge is 2.19. The van der Waals surface area contributed by atoms with Crippen molar-refractivity contribution in [2.45, 2.75) is 38.2 Å². The van der Waals surface area contributed by atoms with Crippen LogP contribution in [0.25, 0.3) is 0 Å². The van der Waals surface area contributed by atoms with Crippen molar-refractivity contribution in [2.24, 2.45) is 0 Å². The zero-order valence-corrected chi connectivity index (χ0v) is 18.3. The molecule has 3 rings (SSSR count). The molecule has 0 heterocycles. The fourth-order valence-electron chi connectivity index (χ4n) is 3.49. The van der Waals surface area contributed by atoms with Gasteiger partial charge in [0.1, 0.15) is 6.54 Å². The Hall–Kier alpha value is -3.55. The third-order valence-electron chi connectivity index (χ3n) is 5.26. The van der Waals surface area contributed by atoms with Crippen molar-refractivity contribution in [3.8, 4) is 11.5 Å². The first-order valence-corrected chi connectivity index (χ1v) is 10.6. The molecule has 0 spiro atoms. The van der Waals surface area contributed by atoms with Gasteiger partial charge in [0.2, 0.25) is 5.91 Å². The summed E-state index contributed by atoms with van der Waals surface area (Å²) in [7, 11) is 2.81. The Labute approximate surface area is 187 Å². The van der Waals surface area contributed by atoms with Crippen LogP contribution < -0.4 is 20.1 Å². The summed E-state index contributed by atoms with van der Waals surface area (Å²) >= 11 is 0. The Morgan fingerprint density at radius 3 is 2.34 bits per heavy atom. The minimum absolute atomic E-state index is 0.116. The predicted octanol–water partition coefficient (Wildman–Crippen LogP) is 3.10. The van der Waals surface area contributed by atoms with Gasteiger partial charge in [-0.3, -0.25) is 14.4 Å². The molecule has 32 heavy (non-hydrogen) atoms. The van der Waals surface area contributed by atoms with Gasteiger partial charge in [-0.1, -0.05) is 12.1 Å². The van der Waals surface area contributed by atoms with E-state index in [9.17, 15) is 14.4 Å². The lowest BCUT2D eigenvalue weighted by Gasteiger charge is -2.16. The second kappa shape index (κ2) is 11.2. The molecule has 170 valence electrons. The maximum Gasteiger partial charge on any atom is 0.325 e. The molecule has 1 saturated carbocycles. The molecule has 0 saturated heterocycles. The third kappa shape index (κ3) is 6.47. The van der Waals surface area contributed by atoms with Gasteiger partial charge in [-0.15, -0.1) is 0 Å². The molecule has 2 amide bonds. The first kappa shape index (κ1) is 23.1. The molecule has 1 fully saturated rings. The van der Waals surface area contributed by atoms with Gasteiger partial charge in [-0.25, -0.2) is 0 Å². The number of methoxy groups -OCH3 is 2. The predicted molar refractivity (Wildman–Crippen MR) is 119 cm³/mol. The molecular weight excluding hydrogens is 412 g/mol. The number of anilines is 1. The summed E-state index contributed by atoms with van der Waals surface area (Å²) in [5.41, 5.74) is 1.80. The first-order chi connectivity index (χ1) is 15.5. The molecule has 1 aliphatic carbocycles. The van der Waals surface area contributed by atoms with Crippen molar-refractivity contribution in [1.29, 1.82) is 0 Å². The fraction of sp³-hybridized carbons (Fsp3) is 0.375. The molecule has 8 nitrogen and oxygen atoms in total. The van der Waals surface area contributed by atoms with Gasteiger partial charge in [0.15, 0.2) is 11.5 Å². The molecule has 2 N–H and O–H groups in total.